The second-order valence-electron chi connectivity index (χ2n) is 3.51. The summed E-state index contributed by atoms with van der Waals surface area (Å²) in [6.07, 6.45) is -3.45. The van der Waals surface area contributed by atoms with Crippen molar-refractivity contribution < 1.29 is 27.9 Å². The van der Waals surface area contributed by atoms with Gasteiger partial charge in [-0.15, -0.1) is 0 Å². The van der Waals surface area contributed by atoms with Gasteiger partial charge in [0.1, 0.15) is 18.2 Å². The number of alkyl halides is 3. The van der Waals surface area contributed by atoms with Crippen molar-refractivity contribution in [2.75, 3.05) is 13.1 Å². The van der Waals surface area contributed by atoms with Gasteiger partial charge in [0.25, 0.3) is 5.91 Å². The molecule has 0 spiro atoms. The highest BCUT2D eigenvalue weighted by molar-refractivity contribution is 6.32. The molecule has 1 N–H and O–H groups in total. The number of nitrogens with zero attached hydrogens (tertiary/aromatic N) is 2. The minimum Gasteiger partial charge on any atom is -0.480 e. The number of aromatic nitrogens is 1. The van der Waals surface area contributed by atoms with Gasteiger partial charge in [-0.3, -0.25) is 9.59 Å². The SMILES string of the molecule is O=C(O)CN(CC(F)(F)F)C(=O)c1cccnc1Cl. The van der Waals surface area contributed by atoms with Crippen LogP contribution in [0.25, 0.3) is 0 Å². The number of amides is 1. The van der Waals surface area contributed by atoms with Crippen LogP contribution in [0, 0.1) is 0 Å². The van der Waals surface area contributed by atoms with Crippen LogP contribution in [0.1, 0.15) is 10.4 Å². The van der Waals surface area contributed by atoms with Crippen molar-refractivity contribution in [1.82, 2.24) is 9.88 Å². The summed E-state index contributed by atoms with van der Waals surface area (Å²) in [5.74, 6) is -2.70. The van der Waals surface area contributed by atoms with E-state index in [0.717, 1.165) is 0 Å². The number of rotatable bonds is 4. The molecule has 0 aliphatic carbocycles. The summed E-state index contributed by atoms with van der Waals surface area (Å²) in [5.41, 5.74) is -0.283. The number of carboxylic acids is 1. The number of halogens is 4. The van der Waals surface area contributed by atoms with E-state index in [0.29, 0.717) is 0 Å². The molecule has 9 heteroatoms. The first-order chi connectivity index (χ1) is 8.70. The molecular formula is C10H8ClF3N2O3. The van der Waals surface area contributed by atoms with Crippen LogP contribution in [0.5, 0.6) is 0 Å². The largest absolute Gasteiger partial charge is 0.480 e. The van der Waals surface area contributed by atoms with Crippen molar-refractivity contribution in [1.29, 1.82) is 0 Å². The van der Waals surface area contributed by atoms with E-state index in [-0.39, 0.29) is 15.6 Å². The minimum atomic E-state index is -4.71. The van der Waals surface area contributed by atoms with Gasteiger partial charge in [0.2, 0.25) is 0 Å². The second-order valence-corrected chi connectivity index (χ2v) is 3.87. The molecule has 0 saturated carbocycles. The van der Waals surface area contributed by atoms with Crippen LogP contribution >= 0.6 is 11.6 Å². The molecule has 0 saturated heterocycles. The van der Waals surface area contributed by atoms with Crippen molar-refractivity contribution in [3.63, 3.8) is 0 Å². The smallest absolute Gasteiger partial charge is 0.406 e. The fraction of sp³-hybridized carbons (Fsp3) is 0.300. The first-order valence-electron chi connectivity index (χ1n) is 4.89. The third-order valence-electron chi connectivity index (χ3n) is 1.97. The molecule has 0 atom stereocenters. The van der Waals surface area contributed by atoms with Crippen LogP contribution < -0.4 is 0 Å². The maximum Gasteiger partial charge on any atom is 0.406 e. The Kier molecular flexibility index (Phi) is 4.71. The molecule has 1 rings (SSSR count). The number of hydrogen-bond acceptors (Lipinski definition) is 3. The lowest BCUT2D eigenvalue weighted by Gasteiger charge is -2.22. The maximum atomic E-state index is 12.3. The summed E-state index contributed by atoms with van der Waals surface area (Å²) in [6, 6.07) is 2.48. The second kappa shape index (κ2) is 5.87. The summed E-state index contributed by atoms with van der Waals surface area (Å²) in [5, 5.41) is 8.25. The van der Waals surface area contributed by atoms with Crippen LogP contribution in [-0.2, 0) is 4.79 Å². The van der Waals surface area contributed by atoms with E-state index < -0.39 is 31.1 Å². The van der Waals surface area contributed by atoms with Gasteiger partial charge in [-0.05, 0) is 12.1 Å². The van der Waals surface area contributed by atoms with Gasteiger partial charge in [0.05, 0.1) is 5.56 Å². The van der Waals surface area contributed by atoms with Gasteiger partial charge < -0.3 is 10.0 Å². The number of carboxylic acid groups (broad SMARTS) is 1. The zero-order valence-corrected chi connectivity index (χ0v) is 10.1. The monoisotopic (exact) mass is 296 g/mol. The number of pyridine rings is 1. The zero-order valence-electron chi connectivity index (χ0n) is 9.32. The molecule has 0 aliphatic rings. The van der Waals surface area contributed by atoms with E-state index in [1.54, 1.807) is 0 Å². The third kappa shape index (κ3) is 4.74. The van der Waals surface area contributed by atoms with Crippen LogP contribution in [-0.4, -0.2) is 46.1 Å². The van der Waals surface area contributed by atoms with Crippen LogP contribution in [0.2, 0.25) is 5.15 Å². The number of aliphatic carboxylic acids is 1. The highest BCUT2D eigenvalue weighted by Gasteiger charge is 2.34. The Bertz CT molecular complexity index is 493. The van der Waals surface area contributed by atoms with Gasteiger partial charge in [-0.1, -0.05) is 11.6 Å². The lowest BCUT2D eigenvalue weighted by molar-refractivity contribution is -0.149. The molecule has 1 aromatic rings. The molecule has 1 heterocycles. The van der Waals surface area contributed by atoms with Crippen molar-refractivity contribution in [3.8, 4) is 0 Å². The van der Waals surface area contributed by atoms with E-state index in [2.05, 4.69) is 4.98 Å². The Hall–Kier alpha value is -1.83. The summed E-state index contributed by atoms with van der Waals surface area (Å²) in [7, 11) is 0. The zero-order chi connectivity index (χ0) is 14.6. The quantitative estimate of drug-likeness (QED) is 0.861. The fourth-order valence-electron chi connectivity index (χ4n) is 1.30. The van der Waals surface area contributed by atoms with Crippen LogP contribution in [0.15, 0.2) is 18.3 Å². The average molecular weight is 297 g/mol. The normalized spacial score (nSPS) is 11.2. The lowest BCUT2D eigenvalue weighted by Crippen LogP contribution is -2.42. The van der Waals surface area contributed by atoms with E-state index in [1.165, 1.54) is 18.3 Å². The van der Waals surface area contributed by atoms with Gasteiger partial charge in [0.15, 0.2) is 0 Å². The van der Waals surface area contributed by atoms with Crippen molar-refractivity contribution in [2.45, 2.75) is 6.18 Å². The molecule has 1 amide bonds. The summed E-state index contributed by atoms with van der Waals surface area (Å²) < 4.78 is 36.9. The van der Waals surface area contributed by atoms with Crippen LogP contribution in [0.4, 0.5) is 13.2 Å². The summed E-state index contributed by atoms with van der Waals surface area (Å²) >= 11 is 5.58. The molecule has 0 radical (unpaired) electrons. The third-order valence-corrected chi connectivity index (χ3v) is 2.27. The van der Waals surface area contributed by atoms with E-state index in [1.807, 2.05) is 0 Å². The summed E-state index contributed by atoms with van der Waals surface area (Å²) in [4.78, 5) is 26.0. The van der Waals surface area contributed by atoms with E-state index >= 15 is 0 Å². The van der Waals surface area contributed by atoms with Crippen molar-refractivity contribution in [2.24, 2.45) is 0 Å². The number of carbonyl (C=O) groups excluding carboxylic acids is 1. The number of hydrogen-bond donors (Lipinski definition) is 1. The van der Waals surface area contributed by atoms with Gasteiger partial charge in [-0.2, -0.15) is 13.2 Å². The predicted octanol–water partition coefficient (Wildman–Crippen LogP) is 1.82. The fourth-order valence-corrected chi connectivity index (χ4v) is 1.50. The highest BCUT2D eigenvalue weighted by Crippen LogP contribution is 2.20. The van der Waals surface area contributed by atoms with Gasteiger partial charge in [0, 0.05) is 6.20 Å². The maximum absolute atomic E-state index is 12.3. The van der Waals surface area contributed by atoms with Crippen LogP contribution in [0.3, 0.4) is 0 Å². The predicted molar refractivity (Wildman–Crippen MR) is 58.8 cm³/mol. The molecule has 1 aromatic heterocycles. The van der Waals surface area contributed by atoms with E-state index in [9.17, 15) is 22.8 Å². The standard InChI is InChI=1S/C10H8ClF3N2O3/c11-8-6(2-1-3-15-8)9(19)16(4-7(17)18)5-10(12,13)14/h1-3H,4-5H2,(H,17,18). The molecule has 0 bridgehead atoms. The number of carbonyl (C=O) groups is 2. The molecule has 5 nitrogen and oxygen atoms in total. The Morgan fingerprint density at radius 3 is 2.53 bits per heavy atom. The van der Waals surface area contributed by atoms with Gasteiger partial charge >= 0.3 is 12.1 Å². The van der Waals surface area contributed by atoms with E-state index in [4.69, 9.17) is 16.7 Å². The first kappa shape index (κ1) is 15.2. The van der Waals surface area contributed by atoms with Gasteiger partial charge in [-0.25, -0.2) is 4.98 Å². The molecular weight excluding hydrogens is 289 g/mol. The molecule has 0 aromatic carbocycles. The Labute approximate surface area is 110 Å². The first-order valence-corrected chi connectivity index (χ1v) is 5.27. The van der Waals surface area contributed by atoms with Crippen molar-refractivity contribution in [3.05, 3.63) is 29.0 Å². The molecule has 19 heavy (non-hydrogen) atoms. The highest BCUT2D eigenvalue weighted by atomic mass is 35.5. The average Bonchev–Trinajstić information content (AvgIpc) is 2.25. The Morgan fingerprint density at radius 1 is 1.42 bits per heavy atom. The Morgan fingerprint density at radius 2 is 2.05 bits per heavy atom. The topological polar surface area (TPSA) is 70.5 Å². The molecule has 104 valence electrons. The van der Waals surface area contributed by atoms with Crippen molar-refractivity contribution >= 4 is 23.5 Å². The molecule has 0 fully saturated rings. The lowest BCUT2D eigenvalue weighted by atomic mass is 10.2. The minimum absolute atomic E-state index is 0.144. The molecule has 0 aliphatic heterocycles. The Balaban J connectivity index is 3.01. The molecule has 0 unspecified atom stereocenters. The summed E-state index contributed by atoms with van der Waals surface area (Å²) in [6.45, 7) is -2.76.